The molecule has 2 aliphatic rings. The summed E-state index contributed by atoms with van der Waals surface area (Å²) in [5.74, 6) is 0. The van der Waals surface area contributed by atoms with Crippen molar-refractivity contribution < 1.29 is 5.11 Å². The summed E-state index contributed by atoms with van der Waals surface area (Å²) in [6.07, 6.45) is 6.93. The van der Waals surface area contributed by atoms with Crippen LogP contribution in [0.5, 0.6) is 0 Å². The second-order valence-corrected chi connectivity index (χ2v) is 5.41. The minimum atomic E-state index is -0.290. The molecule has 82 valence electrons. The second-order valence-electron chi connectivity index (χ2n) is 5.41. The molecule has 1 atom stereocenters. The number of nitrogens with zero attached hydrogens (tertiary/aromatic N) is 1. The van der Waals surface area contributed by atoms with Gasteiger partial charge >= 0.3 is 0 Å². The third kappa shape index (κ3) is 1.96. The Morgan fingerprint density at radius 3 is 2.57 bits per heavy atom. The lowest BCUT2D eigenvalue weighted by atomic mass is 9.75. The van der Waals surface area contributed by atoms with E-state index >= 15 is 0 Å². The van der Waals surface area contributed by atoms with Crippen molar-refractivity contribution in [2.24, 2.45) is 0 Å². The van der Waals surface area contributed by atoms with Gasteiger partial charge in [-0.1, -0.05) is 0 Å². The quantitative estimate of drug-likeness (QED) is 0.749. The number of hydrogen-bond acceptors (Lipinski definition) is 2. The first kappa shape index (κ1) is 10.4. The molecule has 2 fully saturated rings. The van der Waals surface area contributed by atoms with Gasteiger partial charge in [0, 0.05) is 12.1 Å². The maximum atomic E-state index is 10.1. The molecule has 1 heterocycles. The maximum Gasteiger partial charge on any atom is 0.0662 e. The van der Waals surface area contributed by atoms with Gasteiger partial charge in [0.15, 0.2) is 0 Å². The maximum absolute atomic E-state index is 10.1. The zero-order valence-electron chi connectivity index (χ0n) is 9.50. The van der Waals surface area contributed by atoms with Gasteiger partial charge in [-0.15, -0.1) is 0 Å². The van der Waals surface area contributed by atoms with Crippen LogP contribution in [0.3, 0.4) is 0 Å². The van der Waals surface area contributed by atoms with Crippen molar-refractivity contribution >= 4 is 0 Å². The molecule has 1 saturated heterocycles. The van der Waals surface area contributed by atoms with E-state index < -0.39 is 0 Å². The Balaban J connectivity index is 1.90. The fourth-order valence-corrected chi connectivity index (χ4v) is 2.98. The fraction of sp³-hybridized carbons (Fsp3) is 1.00. The van der Waals surface area contributed by atoms with Crippen LogP contribution >= 0.6 is 0 Å². The Hall–Kier alpha value is -0.0800. The topological polar surface area (TPSA) is 23.5 Å². The average molecular weight is 197 g/mol. The van der Waals surface area contributed by atoms with E-state index in [1.807, 2.05) is 0 Å². The minimum absolute atomic E-state index is 0.290. The van der Waals surface area contributed by atoms with E-state index in [1.54, 1.807) is 0 Å². The van der Waals surface area contributed by atoms with Crippen molar-refractivity contribution in [1.29, 1.82) is 0 Å². The van der Waals surface area contributed by atoms with E-state index in [0.717, 1.165) is 19.3 Å². The van der Waals surface area contributed by atoms with Gasteiger partial charge in [0.2, 0.25) is 0 Å². The summed E-state index contributed by atoms with van der Waals surface area (Å²) < 4.78 is 0. The largest absolute Gasteiger partial charge is 0.390 e. The molecule has 0 amide bonds. The van der Waals surface area contributed by atoms with Crippen LogP contribution in [0.2, 0.25) is 0 Å². The molecule has 2 heteroatoms. The highest BCUT2D eigenvalue weighted by Crippen LogP contribution is 2.38. The van der Waals surface area contributed by atoms with Crippen LogP contribution in [0.15, 0.2) is 0 Å². The lowest BCUT2D eigenvalue weighted by Crippen LogP contribution is -2.45. The van der Waals surface area contributed by atoms with Crippen LogP contribution in [0, 0.1) is 0 Å². The van der Waals surface area contributed by atoms with E-state index in [0.29, 0.717) is 12.1 Å². The predicted molar refractivity (Wildman–Crippen MR) is 58.3 cm³/mol. The van der Waals surface area contributed by atoms with Crippen molar-refractivity contribution in [3.05, 3.63) is 0 Å². The van der Waals surface area contributed by atoms with E-state index in [-0.39, 0.29) is 5.60 Å². The number of likely N-dealkylation sites (tertiary alicyclic amines) is 1. The lowest BCUT2D eigenvalue weighted by molar-refractivity contribution is -0.0577. The Bertz CT molecular complexity index is 198. The summed E-state index contributed by atoms with van der Waals surface area (Å²) in [5.41, 5.74) is -0.290. The molecule has 14 heavy (non-hydrogen) atoms. The zero-order valence-corrected chi connectivity index (χ0v) is 9.50. The van der Waals surface area contributed by atoms with Gasteiger partial charge in [0.1, 0.15) is 0 Å². The van der Waals surface area contributed by atoms with Crippen LogP contribution < -0.4 is 0 Å². The van der Waals surface area contributed by atoms with Crippen molar-refractivity contribution in [3.8, 4) is 0 Å². The van der Waals surface area contributed by atoms with Crippen molar-refractivity contribution in [3.63, 3.8) is 0 Å². The molecule has 1 unspecified atom stereocenters. The average Bonchev–Trinajstić information content (AvgIpc) is 2.49. The summed E-state index contributed by atoms with van der Waals surface area (Å²) in [7, 11) is 0. The standard InChI is InChI=1S/C12H23NO/c1-10(2)13-8-3-5-11(13)9-12(14)6-4-7-12/h10-11,14H,3-9H2,1-2H3. The van der Waals surface area contributed by atoms with Crippen molar-refractivity contribution in [2.45, 2.75) is 70.1 Å². The SMILES string of the molecule is CC(C)N1CCCC1CC1(O)CCC1. The van der Waals surface area contributed by atoms with Crippen LogP contribution in [-0.2, 0) is 0 Å². The van der Waals surface area contributed by atoms with Gasteiger partial charge < -0.3 is 5.11 Å². The van der Waals surface area contributed by atoms with E-state index in [1.165, 1.54) is 25.8 Å². The summed E-state index contributed by atoms with van der Waals surface area (Å²) in [5, 5.41) is 10.1. The molecule has 0 aromatic rings. The summed E-state index contributed by atoms with van der Waals surface area (Å²) >= 11 is 0. The molecular weight excluding hydrogens is 174 g/mol. The van der Waals surface area contributed by atoms with Crippen LogP contribution in [0.4, 0.5) is 0 Å². The molecule has 0 spiro atoms. The van der Waals surface area contributed by atoms with E-state index in [9.17, 15) is 5.11 Å². The molecule has 1 N–H and O–H groups in total. The Labute approximate surface area is 87.3 Å². The third-order valence-electron chi connectivity index (χ3n) is 3.99. The Kier molecular flexibility index (Phi) is 2.85. The van der Waals surface area contributed by atoms with Gasteiger partial charge in [0.25, 0.3) is 0 Å². The first-order valence-electron chi connectivity index (χ1n) is 6.09. The zero-order chi connectivity index (χ0) is 10.2. The summed E-state index contributed by atoms with van der Waals surface area (Å²) in [6.45, 7) is 5.77. The molecular formula is C12H23NO. The highest BCUT2D eigenvalue weighted by molar-refractivity contribution is 4.94. The smallest absolute Gasteiger partial charge is 0.0662 e. The van der Waals surface area contributed by atoms with Crippen LogP contribution in [-0.4, -0.2) is 34.2 Å². The van der Waals surface area contributed by atoms with Gasteiger partial charge in [0.05, 0.1) is 5.60 Å². The van der Waals surface area contributed by atoms with Gasteiger partial charge in [-0.2, -0.15) is 0 Å². The molecule has 0 bridgehead atoms. The second kappa shape index (κ2) is 3.82. The third-order valence-corrected chi connectivity index (χ3v) is 3.99. The van der Waals surface area contributed by atoms with Gasteiger partial charge in [-0.05, 0) is 58.9 Å². The first-order valence-corrected chi connectivity index (χ1v) is 6.09. The normalized spacial score (nSPS) is 32.1. The van der Waals surface area contributed by atoms with E-state index in [4.69, 9.17) is 0 Å². The van der Waals surface area contributed by atoms with Crippen LogP contribution in [0.25, 0.3) is 0 Å². The van der Waals surface area contributed by atoms with Gasteiger partial charge in [-0.3, -0.25) is 4.90 Å². The molecule has 0 aromatic carbocycles. The highest BCUT2D eigenvalue weighted by Gasteiger charge is 2.39. The van der Waals surface area contributed by atoms with E-state index in [2.05, 4.69) is 18.7 Å². The van der Waals surface area contributed by atoms with Gasteiger partial charge in [-0.25, -0.2) is 0 Å². The molecule has 0 aromatic heterocycles. The molecule has 0 radical (unpaired) electrons. The number of aliphatic hydroxyl groups is 1. The minimum Gasteiger partial charge on any atom is -0.390 e. The monoisotopic (exact) mass is 197 g/mol. The van der Waals surface area contributed by atoms with Crippen LogP contribution in [0.1, 0.15) is 52.4 Å². The summed E-state index contributed by atoms with van der Waals surface area (Å²) in [4.78, 5) is 2.57. The Morgan fingerprint density at radius 2 is 2.07 bits per heavy atom. The lowest BCUT2D eigenvalue weighted by Gasteiger charge is -2.41. The first-order chi connectivity index (χ1) is 6.61. The molecule has 2 rings (SSSR count). The van der Waals surface area contributed by atoms with Crippen molar-refractivity contribution in [2.75, 3.05) is 6.54 Å². The highest BCUT2D eigenvalue weighted by atomic mass is 16.3. The number of rotatable bonds is 3. The molecule has 1 aliphatic carbocycles. The molecule has 2 nitrogen and oxygen atoms in total. The van der Waals surface area contributed by atoms with Crippen molar-refractivity contribution in [1.82, 2.24) is 4.90 Å². The Morgan fingerprint density at radius 1 is 1.36 bits per heavy atom. The fourth-order valence-electron chi connectivity index (χ4n) is 2.98. The molecule has 1 saturated carbocycles. The number of hydrogen-bond donors (Lipinski definition) is 1. The predicted octanol–water partition coefficient (Wildman–Crippen LogP) is 2.16. The molecule has 1 aliphatic heterocycles. The summed E-state index contributed by atoms with van der Waals surface area (Å²) in [6, 6.07) is 1.30.